The predicted molar refractivity (Wildman–Crippen MR) is 123 cm³/mol. The Morgan fingerprint density at radius 3 is 2.52 bits per heavy atom. The molecule has 0 radical (unpaired) electrons. The van der Waals surface area contributed by atoms with Crippen LogP contribution in [0.2, 0.25) is 0 Å². The molecule has 2 aromatic carbocycles. The molecule has 0 saturated heterocycles. The highest BCUT2D eigenvalue weighted by Gasteiger charge is 2.17. The minimum absolute atomic E-state index is 0.145. The molecule has 1 aliphatic rings. The molecule has 170 valence electrons. The van der Waals surface area contributed by atoms with Crippen LogP contribution < -0.4 is 16.2 Å². The quantitative estimate of drug-likeness (QED) is 0.468. The van der Waals surface area contributed by atoms with Gasteiger partial charge in [-0.3, -0.25) is 19.0 Å². The summed E-state index contributed by atoms with van der Waals surface area (Å²) in [6.07, 6.45) is 3.75. The molecule has 1 aromatic heterocycles. The van der Waals surface area contributed by atoms with E-state index in [-0.39, 0.29) is 23.4 Å². The van der Waals surface area contributed by atoms with Crippen LogP contribution >= 0.6 is 0 Å². The molecule has 3 aromatic rings. The molecule has 0 unspecified atom stereocenters. The van der Waals surface area contributed by atoms with Gasteiger partial charge in [0.05, 0.1) is 23.1 Å². The largest absolute Gasteiger partial charge is 0.462 e. The lowest BCUT2D eigenvalue weighted by atomic mass is 10.2. The molecule has 0 saturated carbocycles. The number of fused-ring (bicyclic) bond motifs is 2. The number of nitrogens with one attached hydrogen (secondary N) is 2. The van der Waals surface area contributed by atoms with Crippen molar-refractivity contribution >= 4 is 40.1 Å². The molecule has 1 aliphatic heterocycles. The topological polar surface area (TPSA) is 119 Å². The van der Waals surface area contributed by atoms with E-state index in [1.54, 1.807) is 41.8 Å². The van der Waals surface area contributed by atoms with Crippen LogP contribution in [0.25, 0.3) is 10.9 Å². The highest BCUT2D eigenvalue weighted by Crippen LogP contribution is 2.19. The third kappa shape index (κ3) is 4.92. The monoisotopic (exact) mass is 448 g/mol. The first-order valence-electron chi connectivity index (χ1n) is 10.9. The van der Waals surface area contributed by atoms with E-state index in [0.717, 1.165) is 31.5 Å². The van der Waals surface area contributed by atoms with Gasteiger partial charge in [0.15, 0.2) is 0 Å². The van der Waals surface area contributed by atoms with Crippen LogP contribution in [0.3, 0.4) is 0 Å². The van der Waals surface area contributed by atoms with Crippen LogP contribution in [0.1, 0.15) is 42.4 Å². The molecule has 0 aliphatic carbocycles. The maximum absolute atomic E-state index is 13.0. The molecule has 33 heavy (non-hydrogen) atoms. The van der Waals surface area contributed by atoms with Crippen molar-refractivity contribution in [2.45, 2.75) is 39.2 Å². The van der Waals surface area contributed by atoms with Crippen molar-refractivity contribution in [1.29, 1.82) is 0 Å². The number of aromatic nitrogens is 2. The Bertz CT molecular complexity index is 1300. The number of hydrogen-bond acceptors (Lipinski definition) is 6. The molecule has 0 fully saturated rings. The predicted octanol–water partition coefficient (Wildman–Crippen LogP) is 2.88. The van der Waals surface area contributed by atoms with Gasteiger partial charge in [0.25, 0.3) is 5.56 Å². The second-order valence-corrected chi connectivity index (χ2v) is 7.74. The Labute approximate surface area is 189 Å². The Hall–Kier alpha value is -4.01. The van der Waals surface area contributed by atoms with E-state index in [9.17, 15) is 19.2 Å². The summed E-state index contributed by atoms with van der Waals surface area (Å²) in [6, 6.07) is 10.9. The SMILES string of the molecule is CCOC(=O)c1cccc(NC(=O)C(=O)Nc2ccc3nc4n(c(=O)c3c2)CCCCC4)c1. The minimum Gasteiger partial charge on any atom is -0.462 e. The zero-order valence-electron chi connectivity index (χ0n) is 18.2. The van der Waals surface area contributed by atoms with E-state index in [4.69, 9.17) is 4.74 Å². The van der Waals surface area contributed by atoms with Gasteiger partial charge in [-0.25, -0.2) is 9.78 Å². The maximum Gasteiger partial charge on any atom is 0.338 e. The standard InChI is InChI=1S/C24H24N4O5/c1-2-33-24(32)15-7-6-8-16(13-15)25-21(29)22(30)26-17-10-11-19-18(14-17)23(31)28-12-5-3-4-9-20(28)27-19/h6-8,10-11,13-14H,2-5,9,12H2,1H3,(H,25,29)(H,26,30). The Morgan fingerprint density at radius 1 is 1.00 bits per heavy atom. The summed E-state index contributed by atoms with van der Waals surface area (Å²) >= 11 is 0. The molecule has 4 rings (SSSR count). The van der Waals surface area contributed by atoms with Crippen molar-refractivity contribution in [2.24, 2.45) is 0 Å². The zero-order valence-corrected chi connectivity index (χ0v) is 18.2. The first-order chi connectivity index (χ1) is 16.0. The van der Waals surface area contributed by atoms with E-state index in [2.05, 4.69) is 15.6 Å². The van der Waals surface area contributed by atoms with Crippen molar-refractivity contribution in [1.82, 2.24) is 9.55 Å². The zero-order chi connectivity index (χ0) is 23.4. The highest BCUT2D eigenvalue weighted by atomic mass is 16.5. The number of anilines is 2. The van der Waals surface area contributed by atoms with Crippen LogP contribution in [0.4, 0.5) is 11.4 Å². The molecular formula is C24H24N4O5. The number of amides is 2. The van der Waals surface area contributed by atoms with E-state index in [1.807, 2.05) is 0 Å². The van der Waals surface area contributed by atoms with Crippen LogP contribution in [-0.4, -0.2) is 33.9 Å². The number of nitrogens with zero attached hydrogens (tertiary/aromatic N) is 2. The van der Waals surface area contributed by atoms with Crippen molar-refractivity contribution in [3.05, 3.63) is 64.2 Å². The van der Waals surface area contributed by atoms with E-state index >= 15 is 0 Å². The average Bonchev–Trinajstić information content (AvgIpc) is 3.05. The summed E-state index contributed by atoms with van der Waals surface area (Å²) < 4.78 is 6.64. The fourth-order valence-corrected chi connectivity index (χ4v) is 3.81. The van der Waals surface area contributed by atoms with E-state index < -0.39 is 17.8 Å². The average molecular weight is 448 g/mol. The van der Waals surface area contributed by atoms with Crippen molar-refractivity contribution in [3.63, 3.8) is 0 Å². The first kappa shape index (κ1) is 22.2. The molecule has 9 heteroatoms. The van der Waals surface area contributed by atoms with Gasteiger partial charge in [0, 0.05) is 24.3 Å². The summed E-state index contributed by atoms with van der Waals surface area (Å²) in [4.78, 5) is 54.2. The second-order valence-electron chi connectivity index (χ2n) is 7.74. The van der Waals surface area contributed by atoms with Gasteiger partial charge < -0.3 is 15.4 Å². The van der Waals surface area contributed by atoms with E-state index in [0.29, 0.717) is 23.1 Å². The van der Waals surface area contributed by atoms with Gasteiger partial charge in [-0.2, -0.15) is 0 Å². The number of carbonyl (C=O) groups excluding carboxylic acids is 3. The van der Waals surface area contributed by atoms with Gasteiger partial charge >= 0.3 is 17.8 Å². The maximum atomic E-state index is 13.0. The first-order valence-corrected chi connectivity index (χ1v) is 10.9. The third-order valence-electron chi connectivity index (χ3n) is 5.41. The summed E-state index contributed by atoms with van der Waals surface area (Å²) in [5, 5.41) is 5.36. The van der Waals surface area contributed by atoms with Gasteiger partial charge in [0.1, 0.15) is 5.82 Å². The van der Waals surface area contributed by atoms with E-state index in [1.165, 1.54) is 12.1 Å². The minimum atomic E-state index is -0.909. The lowest BCUT2D eigenvalue weighted by Gasteiger charge is -2.11. The number of esters is 1. The van der Waals surface area contributed by atoms with Crippen molar-refractivity contribution in [3.8, 4) is 0 Å². The van der Waals surface area contributed by atoms with Crippen molar-refractivity contribution in [2.75, 3.05) is 17.2 Å². The number of ether oxygens (including phenoxy) is 1. The lowest BCUT2D eigenvalue weighted by molar-refractivity contribution is -0.132. The summed E-state index contributed by atoms with van der Waals surface area (Å²) in [5.74, 6) is -1.55. The van der Waals surface area contributed by atoms with Gasteiger partial charge in [-0.15, -0.1) is 0 Å². The molecule has 9 nitrogen and oxygen atoms in total. The Kier molecular flexibility index (Phi) is 6.48. The van der Waals surface area contributed by atoms with Crippen molar-refractivity contribution < 1.29 is 19.1 Å². The van der Waals surface area contributed by atoms with Crippen LogP contribution in [0.5, 0.6) is 0 Å². The lowest BCUT2D eigenvalue weighted by Crippen LogP contribution is -2.29. The number of rotatable bonds is 4. The van der Waals surface area contributed by atoms with Gasteiger partial charge in [-0.05, 0) is 56.2 Å². The van der Waals surface area contributed by atoms with Crippen LogP contribution in [-0.2, 0) is 27.3 Å². The summed E-state index contributed by atoms with van der Waals surface area (Å²) in [6.45, 7) is 2.55. The third-order valence-corrected chi connectivity index (χ3v) is 5.41. The fourth-order valence-electron chi connectivity index (χ4n) is 3.81. The number of aryl methyl sites for hydroxylation is 1. The molecule has 2 N–H and O–H groups in total. The van der Waals surface area contributed by atoms with Crippen LogP contribution in [0.15, 0.2) is 47.3 Å². The molecule has 0 bridgehead atoms. The Morgan fingerprint density at radius 2 is 1.76 bits per heavy atom. The highest BCUT2D eigenvalue weighted by molar-refractivity contribution is 6.43. The molecular weight excluding hydrogens is 424 g/mol. The summed E-state index contributed by atoms with van der Waals surface area (Å²) in [5.41, 5.74) is 1.27. The smallest absolute Gasteiger partial charge is 0.338 e. The normalized spacial score (nSPS) is 13.0. The summed E-state index contributed by atoms with van der Waals surface area (Å²) in [7, 11) is 0. The Balaban J connectivity index is 1.50. The molecule has 0 spiro atoms. The second kappa shape index (κ2) is 9.64. The fraction of sp³-hybridized carbons (Fsp3) is 0.292. The number of carbonyl (C=O) groups is 3. The number of hydrogen-bond donors (Lipinski definition) is 2. The number of benzene rings is 2. The molecule has 0 atom stereocenters. The molecule has 2 heterocycles. The van der Waals surface area contributed by atoms with Crippen LogP contribution in [0, 0.1) is 0 Å². The van der Waals surface area contributed by atoms with Gasteiger partial charge in [0.2, 0.25) is 0 Å². The van der Waals surface area contributed by atoms with Gasteiger partial charge in [-0.1, -0.05) is 12.5 Å². The molecule has 2 amide bonds.